The maximum absolute atomic E-state index is 5.69. The second kappa shape index (κ2) is 6.30. The van der Waals surface area contributed by atoms with Crippen LogP contribution in [0.3, 0.4) is 0 Å². The lowest BCUT2D eigenvalue weighted by Crippen LogP contribution is -2.65. The van der Waals surface area contributed by atoms with Crippen LogP contribution in [0.15, 0.2) is 0 Å². The van der Waals surface area contributed by atoms with E-state index in [1.165, 1.54) is 32.2 Å². The highest BCUT2D eigenvalue weighted by molar-refractivity contribution is 5.06. The third-order valence-electron chi connectivity index (χ3n) is 5.45. The SMILES string of the molecule is COCCOCCN1CC(C2CC2)NCC1(C)C1CC1. The van der Waals surface area contributed by atoms with Crippen LogP contribution in [0.2, 0.25) is 0 Å². The molecular weight excluding hydrogens is 252 g/mol. The molecule has 3 rings (SSSR count). The Morgan fingerprint density at radius 1 is 1.15 bits per heavy atom. The predicted octanol–water partition coefficient (Wildman–Crippen LogP) is 1.50. The Labute approximate surface area is 123 Å². The van der Waals surface area contributed by atoms with Crippen molar-refractivity contribution in [1.82, 2.24) is 10.2 Å². The zero-order chi connectivity index (χ0) is 14.0. The molecule has 20 heavy (non-hydrogen) atoms. The number of hydrogen-bond donors (Lipinski definition) is 1. The van der Waals surface area contributed by atoms with Gasteiger partial charge >= 0.3 is 0 Å². The lowest BCUT2D eigenvalue weighted by Gasteiger charge is -2.49. The van der Waals surface area contributed by atoms with Gasteiger partial charge in [0.25, 0.3) is 0 Å². The van der Waals surface area contributed by atoms with Gasteiger partial charge in [0.2, 0.25) is 0 Å². The van der Waals surface area contributed by atoms with E-state index in [0.717, 1.165) is 44.2 Å². The molecule has 1 N–H and O–H groups in total. The van der Waals surface area contributed by atoms with E-state index in [2.05, 4.69) is 17.1 Å². The number of rotatable bonds is 8. The Hall–Kier alpha value is -0.160. The van der Waals surface area contributed by atoms with E-state index in [4.69, 9.17) is 9.47 Å². The van der Waals surface area contributed by atoms with Crippen LogP contribution in [0.4, 0.5) is 0 Å². The molecule has 0 bridgehead atoms. The van der Waals surface area contributed by atoms with Crippen molar-refractivity contribution in [2.45, 2.75) is 44.2 Å². The molecule has 1 saturated heterocycles. The lowest BCUT2D eigenvalue weighted by molar-refractivity contribution is -0.00377. The zero-order valence-corrected chi connectivity index (χ0v) is 13.1. The number of nitrogens with one attached hydrogen (secondary N) is 1. The van der Waals surface area contributed by atoms with Crippen LogP contribution in [0.25, 0.3) is 0 Å². The van der Waals surface area contributed by atoms with Gasteiger partial charge in [0.15, 0.2) is 0 Å². The Kier molecular flexibility index (Phi) is 4.65. The number of ether oxygens (including phenoxy) is 2. The molecule has 116 valence electrons. The van der Waals surface area contributed by atoms with Crippen LogP contribution >= 0.6 is 0 Å². The molecule has 3 fully saturated rings. The Morgan fingerprint density at radius 3 is 2.60 bits per heavy atom. The minimum atomic E-state index is 0.357. The fourth-order valence-corrected chi connectivity index (χ4v) is 3.65. The molecule has 1 aliphatic heterocycles. The molecule has 2 atom stereocenters. The highest BCUT2D eigenvalue weighted by Crippen LogP contribution is 2.45. The summed E-state index contributed by atoms with van der Waals surface area (Å²) in [6.07, 6.45) is 5.67. The van der Waals surface area contributed by atoms with Gasteiger partial charge in [0.05, 0.1) is 19.8 Å². The molecule has 4 nitrogen and oxygen atoms in total. The third kappa shape index (κ3) is 3.35. The molecule has 0 aromatic carbocycles. The first-order valence-electron chi connectivity index (χ1n) is 8.29. The first kappa shape index (κ1) is 14.8. The molecule has 0 aromatic heterocycles. The zero-order valence-electron chi connectivity index (χ0n) is 13.1. The Bertz CT molecular complexity index is 318. The highest BCUT2D eigenvalue weighted by Gasteiger charge is 2.49. The number of piperazine rings is 1. The number of methoxy groups -OCH3 is 1. The summed E-state index contributed by atoms with van der Waals surface area (Å²) in [7, 11) is 1.73. The van der Waals surface area contributed by atoms with Gasteiger partial charge in [-0.05, 0) is 44.4 Å². The van der Waals surface area contributed by atoms with Crippen molar-refractivity contribution in [3.63, 3.8) is 0 Å². The molecule has 0 amide bonds. The minimum absolute atomic E-state index is 0.357. The Balaban J connectivity index is 1.51. The van der Waals surface area contributed by atoms with Crippen molar-refractivity contribution in [2.75, 3.05) is 46.6 Å². The van der Waals surface area contributed by atoms with Gasteiger partial charge in [-0.1, -0.05) is 0 Å². The third-order valence-corrected chi connectivity index (χ3v) is 5.45. The molecular formula is C16H30N2O2. The average Bonchev–Trinajstić information content (AvgIpc) is 3.31. The summed E-state index contributed by atoms with van der Waals surface area (Å²) in [6.45, 7) is 8.16. The molecule has 0 aromatic rings. The van der Waals surface area contributed by atoms with Crippen LogP contribution < -0.4 is 5.32 Å². The number of nitrogens with zero attached hydrogens (tertiary/aromatic N) is 1. The minimum Gasteiger partial charge on any atom is -0.382 e. The van der Waals surface area contributed by atoms with Crippen LogP contribution in [0.5, 0.6) is 0 Å². The first-order valence-corrected chi connectivity index (χ1v) is 8.29. The van der Waals surface area contributed by atoms with Crippen molar-refractivity contribution < 1.29 is 9.47 Å². The lowest BCUT2D eigenvalue weighted by atomic mass is 9.88. The van der Waals surface area contributed by atoms with E-state index in [1.807, 2.05) is 0 Å². The fraction of sp³-hybridized carbons (Fsp3) is 1.00. The predicted molar refractivity (Wildman–Crippen MR) is 79.9 cm³/mol. The topological polar surface area (TPSA) is 33.7 Å². The van der Waals surface area contributed by atoms with Crippen molar-refractivity contribution in [3.8, 4) is 0 Å². The molecule has 2 aliphatic carbocycles. The van der Waals surface area contributed by atoms with Crippen LogP contribution in [0.1, 0.15) is 32.6 Å². The van der Waals surface area contributed by atoms with Gasteiger partial charge < -0.3 is 14.8 Å². The molecule has 2 saturated carbocycles. The smallest absolute Gasteiger partial charge is 0.0700 e. The van der Waals surface area contributed by atoms with E-state index < -0.39 is 0 Å². The molecule has 2 unspecified atom stereocenters. The van der Waals surface area contributed by atoms with Crippen molar-refractivity contribution >= 4 is 0 Å². The standard InChI is InChI=1S/C16H30N2O2/c1-16(14-5-6-14)12-17-15(13-3-4-13)11-18(16)7-8-20-10-9-19-2/h13-15,17H,3-12H2,1-2H3. The van der Waals surface area contributed by atoms with E-state index in [-0.39, 0.29) is 0 Å². The van der Waals surface area contributed by atoms with Gasteiger partial charge in [-0.3, -0.25) is 4.90 Å². The summed E-state index contributed by atoms with van der Waals surface area (Å²) in [4.78, 5) is 2.72. The van der Waals surface area contributed by atoms with Gasteiger partial charge in [0, 0.05) is 38.3 Å². The average molecular weight is 282 g/mol. The fourth-order valence-electron chi connectivity index (χ4n) is 3.65. The molecule has 4 heteroatoms. The number of hydrogen-bond acceptors (Lipinski definition) is 4. The molecule has 1 heterocycles. The van der Waals surface area contributed by atoms with Gasteiger partial charge in [-0.2, -0.15) is 0 Å². The quantitative estimate of drug-likeness (QED) is 0.684. The van der Waals surface area contributed by atoms with Gasteiger partial charge in [-0.15, -0.1) is 0 Å². The largest absolute Gasteiger partial charge is 0.382 e. The van der Waals surface area contributed by atoms with Gasteiger partial charge in [-0.25, -0.2) is 0 Å². The summed E-state index contributed by atoms with van der Waals surface area (Å²) in [5, 5.41) is 3.83. The maximum atomic E-state index is 5.69. The van der Waals surface area contributed by atoms with Gasteiger partial charge in [0.1, 0.15) is 0 Å². The van der Waals surface area contributed by atoms with Crippen LogP contribution in [-0.2, 0) is 9.47 Å². The highest BCUT2D eigenvalue weighted by atomic mass is 16.5. The monoisotopic (exact) mass is 282 g/mol. The summed E-state index contributed by atoms with van der Waals surface area (Å²) in [6, 6.07) is 0.723. The van der Waals surface area contributed by atoms with E-state index in [9.17, 15) is 0 Å². The first-order chi connectivity index (χ1) is 9.74. The molecule has 0 spiro atoms. The van der Waals surface area contributed by atoms with Crippen LogP contribution in [0, 0.1) is 11.8 Å². The van der Waals surface area contributed by atoms with Crippen molar-refractivity contribution in [2.24, 2.45) is 11.8 Å². The Morgan fingerprint density at radius 2 is 1.95 bits per heavy atom. The van der Waals surface area contributed by atoms with Crippen LogP contribution in [-0.4, -0.2) is 63.0 Å². The summed E-state index contributed by atoms with van der Waals surface area (Å²) < 4.78 is 10.7. The molecule has 0 radical (unpaired) electrons. The van der Waals surface area contributed by atoms with Crippen molar-refractivity contribution in [1.29, 1.82) is 0 Å². The second-order valence-electron chi connectivity index (χ2n) is 7.01. The summed E-state index contributed by atoms with van der Waals surface area (Å²) >= 11 is 0. The molecule has 3 aliphatic rings. The van der Waals surface area contributed by atoms with E-state index in [0.29, 0.717) is 12.1 Å². The summed E-state index contributed by atoms with van der Waals surface area (Å²) in [5.74, 6) is 1.84. The normalized spacial score (nSPS) is 35.4. The van der Waals surface area contributed by atoms with E-state index in [1.54, 1.807) is 7.11 Å². The van der Waals surface area contributed by atoms with Crippen molar-refractivity contribution in [3.05, 3.63) is 0 Å². The van der Waals surface area contributed by atoms with E-state index >= 15 is 0 Å². The second-order valence-corrected chi connectivity index (χ2v) is 7.01. The maximum Gasteiger partial charge on any atom is 0.0700 e. The summed E-state index contributed by atoms with van der Waals surface area (Å²) in [5.41, 5.74) is 0.357.